The Morgan fingerprint density at radius 3 is 2.41 bits per heavy atom. The molecule has 0 spiro atoms. The molecule has 0 heterocycles. The van der Waals surface area contributed by atoms with E-state index in [9.17, 15) is 13.5 Å². The Morgan fingerprint density at radius 2 is 2.00 bits per heavy atom. The van der Waals surface area contributed by atoms with Crippen molar-refractivity contribution in [2.75, 3.05) is 13.6 Å². The molecule has 0 aromatic rings. The van der Waals surface area contributed by atoms with Crippen LogP contribution in [0.15, 0.2) is 0 Å². The van der Waals surface area contributed by atoms with E-state index in [4.69, 9.17) is 5.26 Å². The zero-order chi connectivity index (χ0) is 13.1. The quantitative estimate of drug-likeness (QED) is 0.794. The van der Waals surface area contributed by atoms with E-state index in [2.05, 4.69) is 0 Å². The number of aliphatic hydroxyl groups is 1. The maximum atomic E-state index is 12.0. The first-order valence-corrected chi connectivity index (χ1v) is 7.43. The molecule has 1 atom stereocenters. The van der Waals surface area contributed by atoms with E-state index in [-0.39, 0.29) is 13.0 Å². The summed E-state index contributed by atoms with van der Waals surface area (Å²) in [7, 11) is -2.18. The monoisotopic (exact) mass is 260 g/mol. The highest BCUT2D eigenvalue weighted by molar-refractivity contribution is 7.89. The molecule has 5 nitrogen and oxygen atoms in total. The summed E-state index contributed by atoms with van der Waals surface area (Å²) in [6, 6.07) is 1.80. The highest BCUT2D eigenvalue weighted by atomic mass is 32.2. The van der Waals surface area contributed by atoms with Gasteiger partial charge in [0.05, 0.1) is 11.7 Å². The van der Waals surface area contributed by atoms with Gasteiger partial charge in [-0.2, -0.15) is 5.26 Å². The second-order valence-corrected chi connectivity index (χ2v) is 6.98. The summed E-state index contributed by atoms with van der Waals surface area (Å²) in [5.74, 6) is 0. The lowest BCUT2D eigenvalue weighted by atomic mass is 10.0. The van der Waals surface area contributed by atoms with E-state index in [0.29, 0.717) is 12.8 Å². The van der Waals surface area contributed by atoms with Crippen LogP contribution < -0.4 is 0 Å². The van der Waals surface area contributed by atoms with E-state index >= 15 is 0 Å². The molecular weight excluding hydrogens is 240 g/mol. The van der Waals surface area contributed by atoms with Crippen molar-refractivity contribution >= 4 is 10.0 Å². The average molecular weight is 260 g/mol. The molecule has 1 unspecified atom stereocenters. The summed E-state index contributed by atoms with van der Waals surface area (Å²) >= 11 is 0. The van der Waals surface area contributed by atoms with E-state index in [1.165, 1.54) is 7.05 Å². The fourth-order valence-corrected chi connectivity index (χ4v) is 3.69. The Balaban J connectivity index is 2.76. The fraction of sp³-hybridized carbons (Fsp3) is 0.909. The van der Waals surface area contributed by atoms with Crippen LogP contribution in [0, 0.1) is 11.3 Å². The number of rotatable bonds is 5. The van der Waals surface area contributed by atoms with Gasteiger partial charge in [-0.05, 0) is 19.3 Å². The Kier molecular flexibility index (Phi) is 4.53. The van der Waals surface area contributed by atoms with Crippen LogP contribution in [0.3, 0.4) is 0 Å². The van der Waals surface area contributed by atoms with Gasteiger partial charge in [0.15, 0.2) is 5.25 Å². The summed E-state index contributed by atoms with van der Waals surface area (Å²) < 4.78 is 25.2. The Hall–Kier alpha value is -0.640. The molecule has 0 amide bonds. The molecule has 98 valence electrons. The molecule has 0 aromatic heterocycles. The molecule has 6 heteroatoms. The minimum atomic E-state index is -3.61. The highest BCUT2D eigenvalue weighted by Crippen LogP contribution is 2.30. The number of hydrogen-bond donors (Lipinski definition) is 1. The lowest BCUT2D eigenvalue weighted by Gasteiger charge is -2.29. The van der Waals surface area contributed by atoms with Crippen LogP contribution in [-0.2, 0) is 10.0 Å². The normalized spacial score (nSPS) is 21.4. The smallest absolute Gasteiger partial charge is 0.230 e. The van der Waals surface area contributed by atoms with Crippen LogP contribution in [0.25, 0.3) is 0 Å². The SMILES string of the molecule is CCC(C#N)S(=O)(=O)N(C)CC1(O)CCCC1. The summed E-state index contributed by atoms with van der Waals surface area (Å²) in [6.07, 6.45) is 3.40. The second kappa shape index (κ2) is 5.34. The van der Waals surface area contributed by atoms with Crippen molar-refractivity contribution in [1.82, 2.24) is 4.31 Å². The zero-order valence-electron chi connectivity index (χ0n) is 10.4. The fourth-order valence-electron chi connectivity index (χ4n) is 2.28. The number of nitrogens with zero attached hydrogens (tertiary/aromatic N) is 2. The van der Waals surface area contributed by atoms with E-state index in [1.807, 2.05) is 0 Å². The zero-order valence-corrected chi connectivity index (χ0v) is 11.2. The third kappa shape index (κ3) is 3.18. The topological polar surface area (TPSA) is 81.4 Å². The first-order chi connectivity index (χ1) is 7.85. The first kappa shape index (κ1) is 14.4. The molecule has 0 radical (unpaired) electrons. The molecule has 17 heavy (non-hydrogen) atoms. The largest absolute Gasteiger partial charge is 0.389 e. The molecule has 0 aliphatic heterocycles. The van der Waals surface area contributed by atoms with Crippen LogP contribution >= 0.6 is 0 Å². The van der Waals surface area contributed by atoms with Gasteiger partial charge in [-0.15, -0.1) is 0 Å². The molecule has 1 aliphatic rings. The van der Waals surface area contributed by atoms with E-state index in [1.54, 1.807) is 13.0 Å². The van der Waals surface area contributed by atoms with Gasteiger partial charge in [0.25, 0.3) is 0 Å². The van der Waals surface area contributed by atoms with Gasteiger partial charge in [0.1, 0.15) is 0 Å². The van der Waals surface area contributed by atoms with Gasteiger partial charge < -0.3 is 5.11 Å². The maximum absolute atomic E-state index is 12.0. The minimum Gasteiger partial charge on any atom is -0.389 e. The van der Waals surface area contributed by atoms with Crippen LogP contribution in [0.1, 0.15) is 39.0 Å². The molecule has 1 rings (SSSR count). The van der Waals surface area contributed by atoms with Crippen molar-refractivity contribution in [1.29, 1.82) is 5.26 Å². The Morgan fingerprint density at radius 1 is 1.47 bits per heavy atom. The van der Waals surface area contributed by atoms with Crippen molar-refractivity contribution in [3.05, 3.63) is 0 Å². The van der Waals surface area contributed by atoms with E-state index in [0.717, 1.165) is 17.1 Å². The lowest BCUT2D eigenvalue weighted by molar-refractivity contribution is 0.0332. The van der Waals surface area contributed by atoms with Crippen LogP contribution in [0.4, 0.5) is 0 Å². The number of sulfonamides is 1. The van der Waals surface area contributed by atoms with Crippen LogP contribution in [-0.4, -0.2) is 42.3 Å². The average Bonchev–Trinajstić information content (AvgIpc) is 2.66. The summed E-state index contributed by atoms with van der Waals surface area (Å²) in [6.45, 7) is 1.76. The van der Waals surface area contributed by atoms with Crippen molar-refractivity contribution in [2.45, 2.75) is 49.9 Å². The van der Waals surface area contributed by atoms with Crippen molar-refractivity contribution in [3.8, 4) is 6.07 Å². The molecule has 1 N–H and O–H groups in total. The first-order valence-electron chi connectivity index (χ1n) is 5.93. The number of nitriles is 1. The van der Waals surface area contributed by atoms with Gasteiger partial charge in [-0.3, -0.25) is 0 Å². The molecule has 0 bridgehead atoms. The van der Waals surface area contributed by atoms with E-state index < -0.39 is 20.9 Å². The molecule has 1 aliphatic carbocycles. The molecule has 1 fully saturated rings. The summed E-state index contributed by atoms with van der Waals surface area (Å²) in [4.78, 5) is 0. The predicted octanol–water partition coefficient (Wildman–Crippen LogP) is 0.855. The highest BCUT2D eigenvalue weighted by Gasteiger charge is 2.37. The minimum absolute atomic E-state index is 0.0908. The van der Waals surface area contributed by atoms with Crippen LogP contribution in [0.5, 0.6) is 0 Å². The molecule has 1 saturated carbocycles. The third-order valence-electron chi connectivity index (χ3n) is 3.36. The maximum Gasteiger partial charge on any atom is 0.230 e. The van der Waals surface area contributed by atoms with Crippen LogP contribution in [0.2, 0.25) is 0 Å². The standard InChI is InChI=1S/C11H20N2O3S/c1-3-10(8-12)17(15,16)13(2)9-11(14)6-4-5-7-11/h10,14H,3-7,9H2,1-2H3. The number of hydrogen-bond acceptors (Lipinski definition) is 4. The van der Waals surface area contributed by atoms with Gasteiger partial charge >= 0.3 is 0 Å². The Labute approximate surface area is 103 Å². The Bertz CT molecular complexity index is 393. The lowest BCUT2D eigenvalue weighted by Crippen LogP contribution is -2.45. The van der Waals surface area contributed by atoms with Gasteiger partial charge in [0.2, 0.25) is 10.0 Å². The van der Waals surface area contributed by atoms with Gasteiger partial charge in [-0.25, -0.2) is 12.7 Å². The van der Waals surface area contributed by atoms with Crippen molar-refractivity contribution in [3.63, 3.8) is 0 Å². The van der Waals surface area contributed by atoms with Gasteiger partial charge in [0, 0.05) is 13.6 Å². The second-order valence-electron chi connectivity index (χ2n) is 4.76. The van der Waals surface area contributed by atoms with Gasteiger partial charge in [-0.1, -0.05) is 19.8 Å². The van der Waals surface area contributed by atoms with Crippen molar-refractivity contribution in [2.24, 2.45) is 0 Å². The molecular formula is C11H20N2O3S. The number of likely N-dealkylation sites (N-methyl/N-ethyl adjacent to an activating group) is 1. The third-order valence-corrected chi connectivity index (χ3v) is 5.52. The predicted molar refractivity (Wildman–Crippen MR) is 64.7 cm³/mol. The summed E-state index contributed by atoms with van der Waals surface area (Å²) in [5, 5.41) is 18.0. The molecule has 0 aromatic carbocycles. The summed E-state index contributed by atoms with van der Waals surface area (Å²) in [5.41, 5.74) is -0.907. The molecule has 0 saturated heterocycles. The van der Waals surface area contributed by atoms with Crippen molar-refractivity contribution < 1.29 is 13.5 Å².